The number of amidine groups is 1. The lowest BCUT2D eigenvalue weighted by atomic mass is 10.1. The highest BCUT2D eigenvalue weighted by molar-refractivity contribution is 6.14. The number of hydrogen-bond acceptors (Lipinski definition) is 5. The molecule has 0 aromatic heterocycles. The topological polar surface area (TPSA) is 98.0 Å². The molecule has 7 heteroatoms. The van der Waals surface area contributed by atoms with Crippen molar-refractivity contribution in [2.45, 2.75) is 20.2 Å². The van der Waals surface area contributed by atoms with Crippen LogP contribution in [0.2, 0.25) is 0 Å². The molecule has 0 saturated carbocycles. The van der Waals surface area contributed by atoms with E-state index in [-0.39, 0.29) is 5.82 Å². The van der Waals surface area contributed by atoms with E-state index in [9.17, 15) is 4.39 Å². The summed E-state index contributed by atoms with van der Waals surface area (Å²) in [4.78, 5) is 8.76. The molecule has 0 fully saturated rings. The summed E-state index contributed by atoms with van der Waals surface area (Å²) in [6, 6.07) is 6.00. The first-order chi connectivity index (χ1) is 11.5. The van der Waals surface area contributed by atoms with E-state index in [0.29, 0.717) is 22.9 Å². The van der Waals surface area contributed by atoms with Gasteiger partial charge in [0.25, 0.3) is 6.35 Å². The molecular formula is C17H20FN5O. The second-order valence-electron chi connectivity index (χ2n) is 4.96. The number of nitrogens with two attached hydrogens (primary N) is 2. The third kappa shape index (κ3) is 4.22. The highest BCUT2D eigenvalue weighted by Crippen LogP contribution is 2.21. The number of benzene rings is 1. The van der Waals surface area contributed by atoms with Gasteiger partial charge in [-0.2, -0.15) is 0 Å². The minimum absolute atomic E-state index is 0.324. The first-order valence-corrected chi connectivity index (χ1v) is 7.35. The third-order valence-corrected chi connectivity index (χ3v) is 3.02. The molecule has 1 unspecified atom stereocenters. The molecule has 0 spiro atoms. The Kier molecular flexibility index (Phi) is 5.73. The zero-order chi connectivity index (χ0) is 17.5. The summed E-state index contributed by atoms with van der Waals surface area (Å²) in [7, 11) is 0. The van der Waals surface area contributed by atoms with Crippen LogP contribution in [0.5, 0.6) is 0 Å². The zero-order valence-corrected chi connectivity index (χ0v) is 13.5. The van der Waals surface area contributed by atoms with Gasteiger partial charge >= 0.3 is 0 Å². The summed E-state index contributed by atoms with van der Waals surface area (Å²) in [6.07, 6.45) is 5.63. The fourth-order valence-corrected chi connectivity index (χ4v) is 2.10. The maximum absolute atomic E-state index is 13.2. The van der Waals surface area contributed by atoms with E-state index < -0.39 is 6.35 Å². The van der Waals surface area contributed by atoms with Crippen molar-refractivity contribution in [1.82, 2.24) is 5.32 Å². The van der Waals surface area contributed by atoms with Crippen molar-refractivity contribution in [3.8, 4) is 0 Å². The van der Waals surface area contributed by atoms with E-state index in [2.05, 4.69) is 15.3 Å². The van der Waals surface area contributed by atoms with E-state index in [1.165, 1.54) is 24.6 Å². The molecule has 0 bridgehead atoms. The van der Waals surface area contributed by atoms with Gasteiger partial charge in [-0.15, -0.1) is 0 Å². The lowest BCUT2D eigenvalue weighted by Crippen LogP contribution is -2.24. The Morgan fingerprint density at radius 3 is 2.67 bits per heavy atom. The average molecular weight is 329 g/mol. The monoisotopic (exact) mass is 329 g/mol. The van der Waals surface area contributed by atoms with Gasteiger partial charge in [0.2, 0.25) is 0 Å². The van der Waals surface area contributed by atoms with Crippen LogP contribution in [-0.4, -0.2) is 17.9 Å². The summed E-state index contributed by atoms with van der Waals surface area (Å²) >= 11 is 0. The number of rotatable bonds is 5. The summed E-state index contributed by atoms with van der Waals surface area (Å²) in [5.74, 6) is 0.0455. The molecule has 0 aliphatic carbocycles. The van der Waals surface area contributed by atoms with Gasteiger partial charge in [-0.1, -0.05) is 6.08 Å². The number of aliphatic imine (C=N–C) groups is 2. The van der Waals surface area contributed by atoms with Crippen molar-refractivity contribution in [1.29, 1.82) is 0 Å². The molecule has 0 saturated heterocycles. The van der Waals surface area contributed by atoms with Crippen molar-refractivity contribution >= 4 is 11.5 Å². The molecule has 1 atom stereocenters. The Bertz CT molecular complexity index is 728. The quantitative estimate of drug-likeness (QED) is 0.438. The van der Waals surface area contributed by atoms with E-state index >= 15 is 0 Å². The molecule has 1 heterocycles. The van der Waals surface area contributed by atoms with Crippen LogP contribution in [0.4, 0.5) is 4.39 Å². The minimum Gasteiger partial charge on any atom is -0.459 e. The Morgan fingerprint density at radius 2 is 2.08 bits per heavy atom. The van der Waals surface area contributed by atoms with E-state index in [1.807, 2.05) is 6.92 Å². The molecule has 5 N–H and O–H groups in total. The van der Waals surface area contributed by atoms with Gasteiger partial charge in [0, 0.05) is 5.56 Å². The Hall–Kier alpha value is -3.09. The number of ether oxygens (including phenoxy) is 1. The van der Waals surface area contributed by atoms with Crippen LogP contribution in [0.1, 0.15) is 19.4 Å². The first kappa shape index (κ1) is 17.3. The van der Waals surface area contributed by atoms with Gasteiger partial charge < -0.3 is 21.5 Å². The lowest BCUT2D eigenvalue weighted by molar-refractivity contribution is 0.138. The van der Waals surface area contributed by atoms with Crippen molar-refractivity contribution in [3.63, 3.8) is 0 Å². The molecule has 0 radical (unpaired) electrons. The molecule has 1 aliphatic rings. The van der Waals surface area contributed by atoms with Crippen LogP contribution in [0.15, 0.2) is 70.3 Å². The standard InChI is InChI=1S/C17H20FN5O/c1-3-10-24-17-22-15(12-4-6-13(18)7-5-12)16(23-17)14(8-9-19)21-11(2)20/h3-10,17,23H,19H2,1-2H3,(H2,20,21)/b9-8?,10-3-,16-14?. The molecule has 24 heavy (non-hydrogen) atoms. The molecule has 1 aromatic rings. The largest absolute Gasteiger partial charge is 0.459 e. The predicted molar refractivity (Wildman–Crippen MR) is 93.4 cm³/mol. The molecule has 0 amide bonds. The van der Waals surface area contributed by atoms with Crippen molar-refractivity contribution < 1.29 is 9.13 Å². The second kappa shape index (κ2) is 7.96. The molecule has 1 aromatic carbocycles. The molecular weight excluding hydrogens is 309 g/mol. The number of nitrogens with one attached hydrogen (secondary N) is 1. The van der Waals surface area contributed by atoms with Crippen LogP contribution in [-0.2, 0) is 4.74 Å². The minimum atomic E-state index is -0.620. The smallest absolute Gasteiger partial charge is 0.268 e. The van der Waals surface area contributed by atoms with Crippen LogP contribution in [0.3, 0.4) is 0 Å². The second-order valence-corrected chi connectivity index (χ2v) is 4.96. The van der Waals surface area contributed by atoms with Crippen LogP contribution in [0.25, 0.3) is 0 Å². The lowest BCUT2D eigenvalue weighted by Gasteiger charge is -2.10. The van der Waals surface area contributed by atoms with Crippen molar-refractivity contribution in [3.05, 3.63) is 71.7 Å². The van der Waals surface area contributed by atoms with E-state index in [4.69, 9.17) is 16.2 Å². The molecule has 6 nitrogen and oxygen atoms in total. The summed E-state index contributed by atoms with van der Waals surface area (Å²) in [6.45, 7) is 3.50. The first-order valence-electron chi connectivity index (χ1n) is 7.35. The maximum atomic E-state index is 13.2. The average Bonchev–Trinajstić information content (AvgIpc) is 2.97. The Balaban J connectivity index is 2.53. The number of allylic oxidation sites excluding steroid dienone is 3. The number of halogens is 1. The van der Waals surface area contributed by atoms with Crippen LogP contribution in [0, 0.1) is 5.82 Å². The number of nitrogens with zero attached hydrogens (tertiary/aromatic N) is 2. The zero-order valence-electron chi connectivity index (χ0n) is 13.5. The SMILES string of the molecule is C/C=C\OC1N=C(c2ccc(F)cc2)C(=C(C=CN)N=C(C)N)N1. The van der Waals surface area contributed by atoms with Crippen molar-refractivity contribution in [2.75, 3.05) is 0 Å². The molecule has 2 rings (SSSR count). The summed E-state index contributed by atoms with van der Waals surface area (Å²) in [5.41, 5.74) is 13.6. The van der Waals surface area contributed by atoms with Gasteiger partial charge in [-0.3, -0.25) is 0 Å². The van der Waals surface area contributed by atoms with E-state index in [1.54, 1.807) is 31.2 Å². The van der Waals surface area contributed by atoms with E-state index in [0.717, 1.165) is 5.56 Å². The maximum Gasteiger partial charge on any atom is 0.268 e. The fourth-order valence-electron chi connectivity index (χ4n) is 2.10. The van der Waals surface area contributed by atoms with Gasteiger partial charge in [0.15, 0.2) is 0 Å². The van der Waals surface area contributed by atoms with Crippen LogP contribution < -0.4 is 16.8 Å². The fraction of sp³-hybridized carbons (Fsp3) is 0.176. The van der Waals surface area contributed by atoms with Gasteiger partial charge in [0.05, 0.1) is 29.2 Å². The predicted octanol–water partition coefficient (Wildman–Crippen LogP) is 2.11. The Morgan fingerprint density at radius 1 is 1.38 bits per heavy atom. The molecule has 126 valence electrons. The molecule has 1 aliphatic heterocycles. The number of hydrogen-bond donors (Lipinski definition) is 3. The van der Waals surface area contributed by atoms with Gasteiger partial charge in [-0.05, 0) is 50.4 Å². The van der Waals surface area contributed by atoms with Gasteiger partial charge in [0.1, 0.15) is 5.82 Å². The Labute approximate surface area is 140 Å². The highest BCUT2D eigenvalue weighted by Gasteiger charge is 2.26. The van der Waals surface area contributed by atoms with Crippen LogP contribution >= 0.6 is 0 Å². The summed E-state index contributed by atoms with van der Waals surface area (Å²) < 4.78 is 18.7. The normalized spacial score (nSPS) is 20.4. The highest BCUT2D eigenvalue weighted by atomic mass is 19.1. The third-order valence-electron chi connectivity index (χ3n) is 3.02. The van der Waals surface area contributed by atoms with Gasteiger partial charge in [-0.25, -0.2) is 14.4 Å². The van der Waals surface area contributed by atoms with Crippen molar-refractivity contribution in [2.24, 2.45) is 21.5 Å². The summed E-state index contributed by atoms with van der Waals surface area (Å²) in [5, 5.41) is 3.12.